The van der Waals surface area contributed by atoms with Crippen LogP contribution in [0.3, 0.4) is 0 Å². The summed E-state index contributed by atoms with van der Waals surface area (Å²) in [6.45, 7) is 9.05. The van der Waals surface area contributed by atoms with E-state index in [9.17, 15) is 0 Å². The summed E-state index contributed by atoms with van der Waals surface area (Å²) in [5, 5.41) is 6.84. The number of imidazole rings is 1. The molecule has 0 aromatic carbocycles. The summed E-state index contributed by atoms with van der Waals surface area (Å²) in [5.41, 5.74) is 1.12. The summed E-state index contributed by atoms with van der Waals surface area (Å²) in [6, 6.07) is 4.05. The van der Waals surface area contributed by atoms with Gasteiger partial charge in [-0.05, 0) is 37.0 Å². The van der Waals surface area contributed by atoms with E-state index in [-0.39, 0.29) is 24.0 Å². The predicted molar refractivity (Wildman–Crippen MR) is 123 cm³/mol. The topological polar surface area (TPSA) is 67.1 Å². The summed E-state index contributed by atoms with van der Waals surface area (Å²) in [7, 11) is 0. The Labute approximate surface area is 180 Å². The number of guanidine groups is 1. The Morgan fingerprint density at radius 1 is 1.22 bits per heavy atom. The van der Waals surface area contributed by atoms with Gasteiger partial charge in [-0.15, -0.1) is 24.0 Å². The first-order chi connectivity index (χ1) is 12.8. The first-order valence-corrected chi connectivity index (χ1v) is 9.72. The fourth-order valence-corrected chi connectivity index (χ4v) is 2.79. The zero-order chi connectivity index (χ0) is 18.6. The van der Waals surface area contributed by atoms with Crippen molar-refractivity contribution in [3.63, 3.8) is 0 Å². The van der Waals surface area contributed by atoms with Crippen LogP contribution in [-0.2, 0) is 6.54 Å². The molecule has 2 aromatic heterocycles. The second-order valence-electron chi connectivity index (χ2n) is 6.48. The van der Waals surface area contributed by atoms with Gasteiger partial charge < -0.3 is 10.6 Å². The normalized spacial score (nSPS) is 12.3. The molecule has 0 amide bonds. The number of rotatable bonds is 10. The van der Waals surface area contributed by atoms with Crippen LogP contribution in [-0.4, -0.2) is 33.6 Å². The molecule has 27 heavy (non-hydrogen) atoms. The van der Waals surface area contributed by atoms with E-state index in [0.717, 1.165) is 30.4 Å². The summed E-state index contributed by atoms with van der Waals surface area (Å²) in [4.78, 5) is 13.2. The molecule has 0 fully saturated rings. The van der Waals surface area contributed by atoms with Crippen LogP contribution in [0.4, 0.5) is 0 Å². The Bertz CT molecular complexity index is 656. The molecule has 0 aliphatic heterocycles. The van der Waals surface area contributed by atoms with E-state index in [1.807, 2.05) is 29.1 Å². The molecule has 0 saturated heterocycles. The summed E-state index contributed by atoms with van der Waals surface area (Å²) in [5.74, 6) is 2.44. The minimum atomic E-state index is 0. The highest BCUT2D eigenvalue weighted by atomic mass is 127. The van der Waals surface area contributed by atoms with Gasteiger partial charge in [-0.25, -0.2) is 15.0 Å². The van der Waals surface area contributed by atoms with Gasteiger partial charge in [-0.2, -0.15) is 0 Å². The molecular formula is C20H33IN6. The average Bonchev–Trinajstić information content (AvgIpc) is 3.21. The van der Waals surface area contributed by atoms with Crippen LogP contribution in [0.5, 0.6) is 0 Å². The van der Waals surface area contributed by atoms with Gasteiger partial charge in [0.2, 0.25) is 0 Å². The third-order valence-corrected chi connectivity index (χ3v) is 4.44. The number of pyridine rings is 1. The average molecular weight is 484 g/mol. The smallest absolute Gasteiger partial charge is 0.191 e. The van der Waals surface area contributed by atoms with Gasteiger partial charge in [0.1, 0.15) is 12.1 Å². The van der Waals surface area contributed by atoms with Crippen molar-refractivity contribution in [3.8, 4) is 5.82 Å². The van der Waals surface area contributed by atoms with Crippen molar-refractivity contribution in [2.24, 2.45) is 10.9 Å². The Morgan fingerprint density at radius 2 is 2.07 bits per heavy atom. The van der Waals surface area contributed by atoms with Crippen LogP contribution >= 0.6 is 24.0 Å². The molecule has 2 heterocycles. The quantitative estimate of drug-likeness (QED) is 0.302. The Morgan fingerprint density at radius 3 is 2.74 bits per heavy atom. The number of unbranched alkanes of at least 4 members (excludes halogenated alkanes) is 1. The van der Waals surface area contributed by atoms with E-state index in [2.05, 4.69) is 41.4 Å². The molecule has 6 nitrogen and oxygen atoms in total. The molecular weight excluding hydrogens is 451 g/mol. The molecule has 0 spiro atoms. The number of nitrogens with zero attached hydrogens (tertiary/aromatic N) is 4. The molecule has 0 bridgehead atoms. The minimum absolute atomic E-state index is 0. The molecule has 1 atom stereocenters. The van der Waals surface area contributed by atoms with Crippen molar-refractivity contribution < 1.29 is 0 Å². The Hall–Kier alpha value is -1.64. The summed E-state index contributed by atoms with van der Waals surface area (Å²) < 4.78 is 1.90. The van der Waals surface area contributed by atoms with Gasteiger partial charge in [0.05, 0.1) is 6.54 Å². The third-order valence-electron chi connectivity index (χ3n) is 4.44. The lowest BCUT2D eigenvalue weighted by atomic mass is 9.99. The largest absolute Gasteiger partial charge is 0.357 e. The van der Waals surface area contributed by atoms with E-state index in [1.54, 1.807) is 12.5 Å². The molecule has 2 aromatic rings. The van der Waals surface area contributed by atoms with Crippen molar-refractivity contribution >= 4 is 29.9 Å². The zero-order valence-corrected chi connectivity index (χ0v) is 19.0. The number of hydrogen-bond donors (Lipinski definition) is 2. The highest BCUT2D eigenvalue weighted by molar-refractivity contribution is 14.0. The van der Waals surface area contributed by atoms with E-state index in [0.29, 0.717) is 12.5 Å². The van der Waals surface area contributed by atoms with Crippen LogP contribution in [0.15, 0.2) is 42.0 Å². The molecule has 0 radical (unpaired) electrons. The number of nitrogens with one attached hydrogen (secondary N) is 2. The Kier molecular flexibility index (Phi) is 11.7. The highest BCUT2D eigenvalue weighted by Crippen LogP contribution is 2.11. The standard InChI is InChI=1S/C20H32N6.HI/c1-4-7-8-17(5-2)14-24-20(22-6-3)25-15-18-9-10-23-19(13-18)26-12-11-21-16-26;/h9-13,16-17H,4-8,14-15H2,1-3H3,(H2,22,24,25);1H. The first-order valence-electron chi connectivity index (χ1n) is 9.72. The van der Waals surface area contributed by atoms with Gasteiger partial charge in [0.25, 0.3) is 0 Å². The second-order valence-corrected chi connectivity index (χ2v) is 6.48. The molecule has 7 heteroatoms. The molecule has 0 aliphatic rings. The highest BCUT2D eigenvalue weighted by Gasteiger charge is 2.07. The third kappa shape index (κ3) is 8.28. The second kappa shape index (κ2) is 13.5. The van der Waals surface area contributed by atoms with Gasteiger partial charge >= 0.3 is 0 Å². The summed E-state index contributed by atoms with van der Waals surface area (Å²) in [6.07, 6.45) is 12.2. The van der Waals surface area contributed by atoms with Crippen LogP contribution < -0.4 is 10.6 Å². The number of aliphatic imine (C=N–C) groups is 1. The van der Waals surface area contributed by atoms with Gasteiger partial charge in [0, 0.05) is 31.7 Å². The fraction of sp³-hybridized carbons (Fsp3) is 0.550. The van der Waals surface area contributed by atoms with Crippen molar-refractivity contribution in [1.29, 1.82) is 0 Å². The van der Waals surface area contributed by atoms with Crippen molar-refractivity contribution in [2.45, 2.75) is 53.0 Å². The van der Waals surface area contributed by atoms with Crippen LogP contribution in [0.1, 0.15) is 52.0 Å². The lowest BCUT2D eigenvalue weighted by Crippen LogP contribution is -2.39. The molecule has 2 rings (SSSR count). The fourth-order valence-electron chi connectivity index (χ4n) is 2.79. The summed E-state index contributed by atoms with van der Waals surface area (Å²) >= 11 is 0. The van der Waals surface area contributed by atoms with E-state index >= 15 is 0 Å². The SMILES string of the molecule is CCCCC(CC)CNC(=NCc1ccnc(-n2ccnc2)c1)NCC.I. The molecule has 0 saturated carbocycles. The number of aromatic nitrogens is 3. The van der Waals surface area contributed by atoms with Gasteiger partial charge in [0.15, 0.2) is 5.96 Å². The van der Waals surface area contributed by atoms with Crippen molar-refractivity contribution in [3.05, 3.63) is 42.6 Å². The monoisotopic (exact) mass is 484 g/mol. The lowest BCUT2D eigenvalue weighted by Gasteiger charge is -2.18. The molecule has 150 valence electrons. The maximum absolute atomic E-state index is 4.73. The molecule has 0 aliphatic carbocycles. The first kappa shape index (κ1) is 23.4. The van der Waals surface area contributed by atoms with Gasteiger partial charge in [-0.3, -0.25) is 4.57 Å². The number of halogens is 1. The van der Waals surface area contributed by atoms with Crippen LogP contribution in [0.2, 0.25) is 0 Å². The van der Waals surface area contributed by atoms with E-state index < -0.39 is 0 Å². The van der Waals surface area contributed by atoms with Crippen molar-refractivity contribution in [1.82, 2.24) is 25.2 Å². The Balaban J connectivity index is 0.00000364. The lowest BCUT2D eigenvalue weighted by molar-refractivity contribution is 0.443. The van der Waals surface area contributed by atoms with E-state index in [4.69, 9.17) is 4.99 Å². The minimum Gasteiger partial charge on any atom is -0.357 e. The van der Waals surface area contributed by atoms with Crippen LogP contribution in [0.25, 0.3) is 5.82 Å². The maximum atomic E-state index is 4.73. The molecule has 1 unspecified atom stereocenters. The molecule has 2 N–H and O–H groups in total. The number of hydrogen-bond acceptors (Lipinski definition) is 3. The van der Waals surface area contributed by atoms with Crippen molar-refractivity contribution in [2.75, 3.05) is 13.1 Å². The van der Waals surface area contributed by atoms with Gasteiger partial charge in [-0.1, -0.05) is 33.1 Å². The zero-order valence-electron chi connectivity index (χ0n) is 16.7. The van der Waals surface area contributed by atoms with E-state index in [1.165, 1.54) is 25.7 Å². The predicted octanol–water partition coefficient (Wildman–Crippen LogP) is 4.16. The van der Waals surface area contributed by atoms with Crippen LogP contribution in [0, 0.1) is 5.92 Å². The maximum Gasteiger partial charge on any atom is 0.191 e.